The highest BCUT2D eigenvalue weighted by molar-refractivity contribution is 7.21. The number of nitrogens with two attached hydrogens (primary N) is 1. The van der Waals surface area contributed by atoms with Crippen LogP contribution in [0.1, 0.15) is 26.5 Å². The summed E-state index contributed by atoms with van der Waals surface area (Å²) in [5.41, 5.74) is 9.23. The average molecular weight is 369 g/mol. The highest BCUT2D eigenvalue weighted by Gasteiger charge is 2.16. The number of aliphatic carboxylic acids is 1. The summed E-state index contributed by atoms with van der Waals surface area (Å²) in [4.78, 5) is 28.8. The number of nitrogen functional groups attached to an aromatic ring is 1. The second kappa shape index (κ2) is 7.53. The first-order valence-electron chi connectivity index (χ1n) is 8.17. The van der Waals surface area contributed by atoms with E-state index in [2.05, 4.69) is 10.3 Å². The van der Waals surface area contributed by atoms with Gasteiger partial charge in [0, 0.05) is 17.6 Å². The molecular formula is C19H19N3O3S. The summed E-state index contributed by atoms with van der Waals surface area (Å²) in [6.07, 6.45) is 0.664. The first-order valence-corrected chi connectivity index (χ1v) is 8.99. The van der Waals surface area contributed by atoms with E-state index in [0.29, 0.717) is 23.5 Å². The standard InChI is InChI=1S/C19H19N3O3S/c1-11-2-7-14-16(20)17(26-19(14)22-11)18(25)21-9-8-12-3-5-13(6-4-12)10-15(23)24/h2-7H,8-10,20H2,1H3,(H,21,25)(H,23,24). The van der Waals surface area contributed by atoms with Crippen LogP contribution < -0.4 is 11.1 Å². The van der Waals surface area contributed by atoms with Crippen molar-refractivity contribution in [3.05, 3.63) is 58.1 Å². The number of carbonyl (C=O) groups excluding carboxylic acids is 1. The molecule has 3 aromatic rings. The third-order valence-corrected chi connectivity index (χ3v) is 5.13. The van der Waals surface area contributed by atoms with Crippen molar-refractivity contribution in [2.24, 2.45) is 0 Å². The largest absolute Gasteiger partial charge is 0.481 e. The van der Waals surface area contributed by atoms with Crippen LogP contribution >= 0.6 is 11.3 Å². The van der Waals surface area contributed by atoms with Gasteiger partial charge in [0.05, 0.1) is 12.1 Å². The van der Waals surface area contributed by atoms with Crippen molar-refractivity contribution >= 4 is 39.1 Å². The minimum absolute atomic E-state index is 0.00966. The number of hydrogen-bond donors (Lipinski definition) is 3. The Hall–Kier alpha value is -2.93. The van der Waals surface area contributed by atoms with Gasteiger partial charge >= 0.3 is 5.97 Å². The summed E-state index contributed by atoms with van der Waals surface area (Å²) in [6, 6.07) is 11.1. The van der Waals surface area contributed by atoms with Crippen molar-refractivity contribution < 1.29 is 14.7 Å². The van der Waals surface area contributed by atoms with Crippen molar-refractivity contribution in [1.29, 1.82) is 0 Å². The zero-order chi connectivity index (χ0) is 18.7. The Balaban J connectivity index is 1.60. The minimum atomic E-state index is -0.851. The smallest absolute Gasteiger partial charge is 0.307 e. The number of aromatic nitrogens is 1. The zero-order valence-electron chi connectivity index (χ0n) is 14.3. The van der Waals surface area contributed by atoms with Crippen molar-refractivity contribution in [3.8, 4) is 0 Å². The molecule has 134 valence electrons. The molecule has 7 heteroatoms. The second-order valence-corrected chi connectivity index (χ2v) is 7.04. The molecule has 0 saturated carbocycles. The van der Waals surface area contributed by atoms with E-state index < -0.39 is 5.97 Å². The monoisotopic (exact) mass is 369 g/mol. The average Bonchev–Trinajstić information content (AvgIpc) is 2.92. The fourth-order valence-corrected chi connectivity index (χ4v) is 3.71. The van der Waals surface area contributed by atoms with Gasteiger partial charge in [-0.05, 0) is 36.6 Å². The van der Waals surface area contributed by atoms with E-state index in [0.717, 1.165) is 27.0 Å². The number of nitrogens with one attached hydrogen (secondary N) is 1. The third kappa shape index (κ3) is 4.00. The number of carboxylic acid groups (broad SMARTS) is 1. The second-order valence-electron chi connectivity index (χ2n) is 6.04. The molecule has 0 aliphatic rings. The molecule has 0 fully saturated rings. The van der Waals surface area contributed by atoms with E-state index in [1.807, 2.05) is 31.2 Å². The molecule has 0 unspecified atom stereocenters. The Kier molecular flexibility index (Phi) is 5.18. The van der Waals surface area contributed by atoms with E-state index in [9.17, 15) is 9.59 Å². The molecule has 1 aromatic carbocycles. The molecule has 0 aliphatic carbocycles. The lowest BCUT2D eigenvalue weighted by atomic mass is 10.1. The van der Waals surface area contributed by atoms with Gasteiger partial charge in [0.2, 0.25) is 0 Å². The Bertz CT molecular complexity index is 964. The number of thiophene rings is 1. The van der Waals surface area contributed by atoms with Crippen LogP contribution in [0.15, 0.2) is 36.4 Å². The quantitative estimate of drug-likeness (QED) is 0.620. The summed E-state index contributed by atoms with van der Waals surface area (Å²) in [5, 5.41) is 12.5. The van der Waals surface area contributed by atoms with Gasteiger partial charge < -0.3 is 16.2 Å². The molecule has 3 rings (SSSR count). The topological polar surface area (TPSA) is 105 Å². The summed E-state index contributed by atoms with van der Waals surface area (Å²) in [5.74, 6) is -1.05. The number of carbonyl (C=O) groups is 2. The lowest BCUT2D eigenvalue weighted by Gasteiger charge is -2.05. The molecule has 0 bridgehead atoms. The van der Waals surface area contributed by atoms with E-state index in [1.165, 1.54) is 11.3 Å². The van der Waals surface area contributed by atoms with Crippen LogP contribution in [0.2, 0.25) is 0 Å². The number of carboxylic acids is 1. The van der Waals surface area contributed by atoms with Crippen molar-refractivity contribution in [2.45, 2.75) is 19.8 Å². The van der Waals surface area contributed by atoms with Crippen LogP contribution in [0.25, 0.3) is 10.2 Å². The molecule has 4 N–H and O–H groups in total. The third-order valence-electron chi connectivity index (χ3n) is 4.02. The van der Waals surface area contributed by atoms with Gasteiger partial charge in [0.15, 0.2) is 0 Å². The Morgan fingerprint density at radius 1 is 1.15 bits per heavy atom. The fourth-order valence-electron chi connectivity index (χ4n) is 2.66. The summed E-state index contributed by atoms with van der Waals surface area (Å²) in [7, 11) is 0. The van der Waals surface area contributed by atoms with Crippen molar-refractivity contribution in [2.75, 3.05) is 12.3 Å². The van der Waals surface area contributed by atoms with Gasteiger partial charge in [0.1, 0.15) is 9.71 Å². The van der Waals surface area contributed by atoms with Crippen LogP contribution in [0.5, 0.6) is 0 Å². The number of aryl methyl sites for hydroxylation is 1. The van der Waals surface area contributed by atoms with Crippen molar-refractivity contribution in [1.82, 2.24) is 10.3 Å². The molecule has 0 saturated heterocycles. The first kappa shape index (κ1) is 17.9. The Morgan fingerprint density at radius 3 is 2.54 bits per heavy atom. The minimum Gasteiger partial charge on any atom is -0.481 e. The van der Waals surface area contributed by atoms with E-state index in [4.69, 9.17) is 10.8 Å². The summed E-state index contributed by atoms with van der Waals surface area (Å²) < 4.78 is 0. The molecule has 1 amide bonds. The molecule has 0 spiro atoms. The molecule has 2 heterocycles. The van der Waals surface area contributed by atoms with Gasteiger partial charge in [-0.1, -0.05) is 24.3 Å². The van der Waals surface area contributed by atoms with E-state index in [1.54, 1.807) is 12.1 Å². The molecule has 0 aliphatic heterocycles. The molecule has 2 aromatic heterocycles. The lowest BCUT2D eigenvalue weighted by molar-refractivity contribution is -0.136. The van der Waals surface area contributed by atoms with Gasteiger partial charge in [-0.25, -0.2) is 4.98 Å². The summed E-state index contributed by atoms with van der Waals surface area (Å²) >= 11 is 1.30. The molecule has 6 nitrogen and oxygen atoms in total. The van der Waals surface area contributed by atoms with Gasteiger partial charge in [-0.3, -0.25) is 9.59 Å². The molecular weight excluding hydrogens is 350 g/mol. The Morgan fingerprint density at radius 2 is 1.85 bits per heavy atom. The lowest BCUT2D eigenvalue weighted by Crippen LogP contribution is -2.25. The maximum absolute atomic E-state index is 12.4. The normalized spacial score (nSPS) is 10.8. The maximum Gasteiger partial charge on any atom is 0.307 e. The van der Waals surface area contributed by atoms with Gasteiger partial charge in [0.25, 0.3) is 5.91 Å². The Labute approximate surface area is 154 Å². The number of nitrogens with zero attached hydrogens (tertiary/aromatic N) is 1. The molecule has 0 atom stereocenters. The van der Waals surface area contributed by atoms with Crippen LogP contribution in [-0.2, 0) is 17.6 Å². The predicted molar refractivity (Wildman–Crippen MR) is 103 cm³/mol. The maximum atomic E-state index is 12.4. The number of anilines is 1. The number of rotatable bonds is 6. The molecule has 26 heavy (non-hydrogen) atoms. The zero-order valence-corrected chi connectivity index (χ0v) is 15.1. The number of benzene rings is 1. The van der Waals surface area contributed by atoms with Gasteiger partial charge in [-0.2, -0.15) is 0 Å². The number of fused-ring (bicyclic) bond motifs is 1. The van der Waals surface area contributed by atoms with Crippen molar-refractivity contribution in [3.63, 3.8) is 0 Å². The summed E-state index contributed by atoms with van der Waals surface area (Å²) in [6.45, 7) is 2.37. The highest BCUT2D eigenvalue weighted by Crippen LogP contribution is 2.32. The van der Waals surface area contributed by atoms with Gasteiger partial charge in [-0.15, -0.1) is 11.3 Å². The number of hydrogen-bond acceptors (Lipinski definition) is 5. The van der Waals surface area contributed by atoms with Crippen LogP contribution in [0.3, 0.4) is 0 Å². The number of pyridine rings is 1. The SMILES string of the molecule is Cc1ccc2c(N)c(C(=O)NCCc3ccc(CC(=O)O)cc3)sc2n1. The van der Waals surface area contributed by atoms with Crippen LogP contribution in [0.4, 0.5) is 5.69 Å². The molecule has 0 radical (unpaired) electrons. The fraction of sp³-hybridized carbons (Fsp3) is 0.211. The first-order chi connectivity index (χ1) is 12.4. The van der Waals surface area contributed by atoms with E-state index >= 15 is 0 Å². The number of amides is 1. The van der Waals surface area contributed by atoms with Crippen LogP contribution in [-0.4, -0.2) is 28.5 Å². The predicted octanol–water partition coefficient (Wildman–Crippen LogP) is 2.79. The van der Waals surface area contributed by atoms with E-state index in [-0.39, 0.29) is 12.3 Å². The van der Waals surface area contributed by atoms with Crippen LogP contribution in [0, 0.1) is 6.92 Å². The highest BCUT2D eigenvalue weighted by atomic mass is 32.1.